The molecule has 0 bridgehead atoms. The Labute approximate surface area is 130 Å². The van der Waals surface area contributed by atoms with Gasteiger partial charge in [0, 0.05) is 11.1 Å². The zero-order valence-corrected chi connectivity index (χ0v) is 12.5. The average Bonchev–Trinajstić information content (AvgIpc) is 3.05. The molecule has 6 heteroatoms. The number of aromatic nitrogens is 2. The summed E-state index contributed by atoms with van der Waals surface area (Å²) in [4.78, 5) is 11.4. The summed E-state index contributed by atoms with van der Waals surface area (Å²) in [6.45, 7) is 0. The van der Waals surface area contributed by atoms with Crippen LogP contribution in [0, 0.1) is 0 Å². The number of hydrogen-bond donors (Lipinski definition) is 1. The third-order valence-corrected chi connectivity index (χ3v) is 4.11. The highest BCUT2D eigenvalue weighted by molar-refractivity contribution is 7.17. The average molecular weight is 312 g/mol. The second-order valence-corrected chi connectivity index (χ2v) is 5.51. The predicted molar refractivity (Wildman–Crippen MR) is 83.8 cm³/mol. The van der Waals surface area contributed by atoms with Crippen molar-refractivity contribution in [2.45, 2.75) is 0 Å². The number of nitrogens with zero attached hydrogens (tertiary/aromatic N) is 2. The van der Waals surface area contributed by atoms with E-state index in [4.69, 9.17) is 0 Å². The quantitative estimate of drug-likeness (QED) is 0.751. The largest absolute Gasteiger partial charge is 0.508 e. The second-order valence-electron chi connectivity index (χ2n) is 4.53. The number of hydrogen-bond acceptors (Lipinski definition) is 6. The number of methoxy groups -OCH3 is 1. The fourth-order valence-corrected chi connectivity index (χ4v) is 2.78. The van der Waals surface area contributed by atoms with E-state index < -0.39 is 0 Å². The molecule has 0 radical (unpaired) electrons. The Balaban J connectivity index is 1.87. The van der Waals surface area contributed by atoms with Crippen LogP contribution in [0.3, 0.4) is 0 Å². The van der Waals surface area contributed by atoms with Crippen LogP contribution in [-0.4, -0.2) is 28.4 Å². The second kappa shape index (κ2) is 5.95. The van der Waals surface area contributed by atoms with E-state index >= 15 is 0 Å². The van der Waals surface area contributed by atoms with Gasteiger partial charge in [0.2, 0.25) is 0 Å². The van der Waals surface area contributed by atoms with Crippen molar-refractivity contribution in [1.29, 1.82) is 0 Å². The van der Waals surface area contributed by atoms with E-state index in [-0.39, 0.29) is 11.7 Å². The highest BCUT2D eigenvalue weighted by Gasteiger charge is 2.10. The molecule has 0 atom stereocenters. The van der Waals surface area contributed by atoms with Crippen LogP contribution < -0.4 is 0 Å². The van der Waals surface area contributed by atoms with Gasteiger partial charge in [-0.2, -0.15) is 0 Å². The lowest BCUT2D eigenvalue weighted by atomic mass is 10.1. The van der Waals surface area contributed by atoms with Gasteiger partial charge in [0.15, 0.2) is 0 Å². The van der Waals surface area contributed by atoms with Crippen LogP contribution in [-0.2, 0) is 4.74 Å². The van der Waals surface area contributed by atoms with Crippen LogP contribution in [0.2, 0.25) is 0 Å². The van der Waals surface area contributed by atoms with E-state index in [0.29, 0.717) is 5.56 Å². The molecule has 0 unspecified atom stereocenters. The molecular formula is C16H12N2O3S. The van der Waals surface area contributed by atoms with Gasteiger partial charge in [-0.05, 0) is 36.4 Å². The molecule has 3 rings (SSSR count). The summed E-state index contributed by atoms with van der Waals surface area (Å²) in [7, 11) is 1.35. The first-order valence-corrected chi connectivity index (χ1v) is 7.30. The minimum atomic E-state index is -0.367. The minimum Gasteiger partial charge on any atom is -0.508 e. The van der Waals surface area contributed by atoms with Crippen LogP contribution in [0.5, 0.6) is 5.75 Å². The van der Waals surface area contributed by atoms with E-state index in [1.54, 1.807) is 36.4 Å². The molecule has 3 aromatic rings. The molecular weight excluding hydrogens is 300 g/mol. The fourth-order valence-electron chi connectivity index (χ4n) is 1.93. The number of carbonyl (C=O) groups is 1. The summed E-state index contributed by atoms with van der Waals surface area (Å²) < 4.78 is 4.67. The number of phenolic OH excluding ortho intramolecular Hbond substituents is 1. The summed E-state index contributed by atoms with van der Waals surface area (Å²) in [5.74, 6) is -0.152. The first-order valence-electron chi connectivity index (χ1n) is 6.49. The minimum absolute atomic E-state index is 0.215. The van der Waals surface area contributed by atoms with Crippen molar-refractivity contribution < 1.29 is 14.6 Å². The summed E-state index contributed by atoms with van der Waals surface area (Å²) in [5.41, 5.74) is 2.28. The normalized spacial score (nSPS) is 10.4. The molecule has 1 aromatic heterocycles. The van der Waals surface area contributed by atoms with Crippen LogP contribution in [0.15, 0.2) is 48.5 Å². The van der Waals surface area contributed by atoms with E-state index in [1.165, 1.54) is 18.4 Å². The Kier molecular flexibility index (Phi) is 3.84. The molecule has 110 valence electrons. The third-order valence-electron chi connectivity index (χ3n) is 3.09. The maximum Gasteiger partial charge on any atom is 0.337 e. The smallest absolute Gasteiger partial charge is 0.337 e. The standard InChI is InChI=1S/C16H12N2O3S/c1-21-16(20)12-4-2-10(3-5-12)14-17-18-15(22-14)11-6-8-13(19)9-7-11/h2-9,19H,1H3. The topological polar surface area (TPSA) is 72.3 Å². The Morgan fingerprint density at radius 2 is 1.45 bits per heavy atom. The Hall–Kier alpha value is -2.73. The maximum absolute atomic E-state index is 11.4. The molecule has 0 saturated heterocycles. The summed E-state index contributed by atoms with van der Waals surface area (Å²) >= 11 is 1.44. The van der Waals surface area contributed by atoms with Gasteiger partial charge in [-0.25, -0.2) is 4.79 Å². The summed E-state index contributed by atoms with van der Waals surface area (Å²) in [6, 6.07) is 13.8. The molecule has 22 heavy (non-hydrogen) atoms. The SMILES string of the molecule is COC(=O)c1ccc(-c2nnc(-c3ccc(O)cc3)s2)cc1. The van der Waals surface area contributed by atoms with E-state index in [9.17, 15) is 9.90 Å². The number of carbonyl (C=O) groups excluding carboxylic acids is 1. The number of esters is 1. The lowest BCUT2D eigenvalue weighted by Gasteiger charge is -1.99. The fraction of sp³-hybridized carbons (Fsp3) is 0.0625. The van der Waals surface area contributed by atoms with Crippen molar-refractivity contribution in [3.05, 3.63) is 54.1 Å². The van der Waals surface area contributed by atoms with Gasteiger partial charge in [0.25, 0.3) is 0 Å². The number of aromatic hydroxyl groups is 1. The highest BCUT2D eigenvalue weighted by Crippen LogP contribution is 2.30. The number of benzene rings is 2. The molecule has 0 amide bonds. The lowest BCUT2D eigenvalue weighted by Crippen LogP contribution is -2.00. The maximum atomic E-state index is 11.4. The van der Waals surface area contributed by atoms with Gasteiger partial charge in [0.1, 0.15) is 15.8 Å². The van der Waals surface area contributed by atoms with Crippen molar-refractivity contribution in [2.75, 3.05) is 7.11 Å². The zero-order valence-electron chi connectivity index (χ0n) is 11.7. The van der Waals surface area contributed by atoms with Gasteiger partial charge in [-0.3, -0.25) is 0 Å². The van der Waals surface area contributed by atoms with E-state index in [0.717, 1.165) is 21.1 Å². The number of ether oxygens (including phenoxy) is 1. The molecule has 0 aliphatic carbocycles. The third kappa shape index (κ3) is 2.82. The van der Waals surface area contributed by atoms with Gasteiger partial charge in [0.05, 0.1) is 12.7 Å². The molecule has 1 heterocycles. The zero-order chi connectivity index (χ0) is 15.5. The van der Waals surface area contributed by atoms with Crippen LogP contribution >= 0.6 is 11.3 Å². The Morgan fingerprint density at radius 3 is 1.95 bits per heavy atom. The van der Waals surface area contributed by atoms with Crippen molar-refractivity contribution in [3.63, 3.8) is 0 Å². The van der Waals surface area contributed by atoms with Crippen molar-refractivity contribution in [2.24, 2.45) is 0 Å². The first kappa shape index (κ1) is 14.2. The Bertz CT molecular complexity index is 795. The van der Waals surface area contributed by atoms with Crippen molar-refractivity contribution in [1.82, 2.24) is 10.2 Å². The van der Waals surface area contributed by atoms with Crippen LogP contribution in [0.25, 0.3) is 21.1 Å². The molecule has 2 aromatic carbocycles. The molecule has 5 nitrogen and oxygen atoms in total. The Morgan fingerprint density at radius 1 is 0.955 bits per heavy atom. The van der Waals surface area contributed by atoms with Crippen LogP contribution in [0.4, 0.5) is 0 Å². The molecule has 0 fully saturated rings. The lowest BCUT2D eigenvalue weighted by molar-refractivity contribution is 0.0601. The molecule has 0 saturated carbocycles. The molecule has 1 N–H and O–H groups in total. The van der Waals surface area contributed by atoms with Crippen LogP contribution in [0.1, 0.15) is 10.4 Å². The summed E-state index contributed by atoms with van der Waals surface area (Å²) in [6.07, 6.45) is 0. The highest BCUT2D eigenvalue weighted by atomic mass is 32.1. The predicted octanol–water partition coefficient (Wildman–Crippen LogP) is 3.36. The van der Waals surface area contributed by atoms with E-state index in [2.05, 4.69) is 14.9 Å². The summed E-state index contributed by atoms with van der Waals surface area (Å²) in [5, 5.41) is 19.2. The number of rotatable bonds is 3. The number of phenols is 1. The van der Waals surface area contributed by atoms with Gasteiger partial charge >= 0.3 is 5.97 Å². The van der Waals surface area contributed by atoms with Crippen molar-refractivity contribution >= 4 is 17.3 Å². The van der Waals surface area contributed by atoms with E-state index in [1.807, 2.05) is 12.1 Å². The molecule has 0 aliphatic rings. The van der Waals surface area contributed by atoms with Gasteiger partial charge in [-0.1, -0.05) is 23.5 Å². The molecule has 0 aliphatic heterocycles. The monoisotopic (exact) mass is 312 g/mol. The first-order chi connectivity index (χ1) is 10.7. The van der Waals surface area contributed by atoms with Gasteiger partial charge < -0.3 is 9.84 Å². The molecule has 0 spiro atoms. The van der Waals surface area contributed by atoms with Gasteiger partial charge in [-0.15, -0.1) is 10.2 Å². The van der Waals surface area contributed by atoms with Crippen molar-refractivity contribution in [3.8, 4) is 26.9 Å².